The van der Waals surface area contributed by atoms with Crippen LogP contribution in [-0.2, 0) is 0 Å². The van der Waals surface area contributed by atoms with Crippen molar-refractivity contribution >= 4 is 11.8 Å². The summed E-state index contributed by atoms with van der Waals surface area (Å²) in [7, 11) is 0. The van der Waals surface area contributed by atoms with E-state index >= 15 is 0 Å². The van der Waals surface area contributed by atoms with Crippen molar-refractivity contribution in [2.45, 2.75) is 5.25 Å². The van der Waals surface area contributed by atoms with Gasteiger partial charge in [0, 0.05) is 22.6 Å². The number of aliphatic hydroxyl groups is 1. The van der Waals surface area contributed by atoms with Crippen LogP contribution < -0.4 is 5.73 Å². The number of thioether (sulfide) groups is 1. The standard InChI is InChI=1S/C10H13NOS/c11-5-8-3-1-2-7-4-9(6-12)13-10(7)8/h1-4,7,10,12H,5-6,11H2. The van der Waals surface area contributed by atoms with Crippen LogP contribution in [0.2, 0.25) is 0 Å². The summed E-state index contributed by atoms with van der Waals surface area (Å²) >= 11 is 1.74. The summed E-state index contributed by atoms with van der Waals surface area (Å²) in [5.41, 5.74) is 6.92. The van der Waals surface area contributed by atoms with Gasteiger partial charge in [-0.1, -0.05) is 24.3 Å². The highest BCUT2D eigenvalue weighted by atomic mass is 32.2. The Kier molecular flexibility index (Phi) is 2.58. The Morgan fingerprint density at radius 3 is 3.08 bits per heavy atom. The summed E-state index contributed by atoms with van der Waals surface area (Å²) in [4.78, 5) is 1.07. The molecule has 0 aromatic rings. The summed E-state index contributed by atoms with van der Waals surface area (Å²) in [6.45, 7) is 0.772. The second kappa shape index (κ2) is 3.70. The Hall–Kier alpha value is -0.510. The molecule has 2 unspecified atom stereocenters. The largest absolute Gasteiger partial charge is 0.391 e. The molecule has 0 fully saturated rings. The van der Waals surface area contributed by atoms with Crippen molar-refractivity contribution in [1.29, 1.82) is 0 Å². The second-order valence-corrected chi connectivity index (χ2v) is 4.51. The molecule has 1 aliphatic heterocycles. The smallest absolute Gasteiger partial charge is 0.0737 e. The van der Waals surface area contributed by atoms with Crippen LogP contribution in [0.4, 0.5) is 0 Å². The van der Waals surface area contributed by atoms with Gasteiger partial charge in [-0.25, -0.2) is 0 Å². The molecule has 1 aliphatic carbocycles. The molecule has 2 nitrogen and oxygen atoms in total. The number of allylic oxidation sites excluding steroid dienone is 4. The molecular weight excluding hydrogens is 182 g/mol. The highest BCUT2D eigenvalue weighted by Crippen LogP contribution is 2.42. The van der Waals surface area contributed by atoms with Crippen molar-refractivity contribution in [3.8, 4) is 0 Å². The molecule has 3 N–H and O–H groups in total. The van der Waals surface area contributed by atoms with E-state index in [-0.39, 0.29) is 6.61 Å². The fourth-order valence-electron chi connectivity index (χ4n) is 1.74. The molecule has 0 amide bonds. The van der Waals surface area contributed by atoms with E-state index in [2.05, 4.69) is 24.3 Å². The van der Waals surface area contributed by atoms with E-state index in [1.54, 1.807) is 11.8 Å². The van der Waals surface area contributed by atoms with Crippen molar-refractivity contribution in [3.63, 3.8) is 0 Å². The summed E-state index contributed by atoms with van der Waals surface area (Å²) in [5, 5.41) is 9.45. The van der Waals surface area contributed by atoms with Crippen molar-refractivity contribution in [3.05, 3.63) is 34.8 Å². The van der Waals surface area contributed by atoms with Gasteiger partial charge in [0.15, 0.2) is 0 Å². The molecule has 2 rings (SSSR count). The van der Waals surface area contributed by atoms with E-state index in [1.807, 2.05) is 0 Å². The third-order valence-electron chi connectivity index (χ3n) is 2.41. The Morgan fingerprint density at radius 1 is 1.54 bits per heavy atom. The Morgan fingerprint density at radius 2 is 2.38 bits per heavy atom. The maximum atomic E-state index is 9.01. The molecule has 3 heteroatoms. The molecular formula is C10H13NOS. The van der Waals surface area contributed by atoms with Crippen LogP contribution in [0.3, 0.4) is 0 Å². The fraction of sp³-hybridized carbons (Fsp3) is 0.400. The number of nitrogens with two attached hydrogens (primary N) is 1. The Labute approximate surface area is 82.2 Å². The molecule has 0 saturated heterocycles. The first-order valence-corrected chi connectivity index (χ1v) is 5.28. The van der Waals surface area contributed by atoms with Gasteiger partial charge in [-0.3, -0.25) is 0 Å². The van der Waals surface area contributed by atoms with Crippen molar-refractivity contribution in [2.75, 3.05) is 13.2 Å². The summed E-state index contributed by atoms with van der Waals surface area (Å²) < 4.78 is 0. The predicted octanol–water partition coefficient (Wildman–Crippen LogP) is 1.05. The van der Waals surface area contributed by atoms with Gasteiger partial charge in [-0.2, -0.15) is 0 Å². The lowest BCUT2D eigenvalue weighted by molar-refractivity contribution is 0.339. The summed E-state index contributed by atoms with van der Waals surface area (Å²) in [6.07, 6.45) is 8.44. The monoisotopic (exact) mass is 195 g/mol. The summed E-state index contributed by atoms with van der Waals surface area (Å²) in [5.74, 6) is 0.440. The van der Waals surface area contributed by atoms with Crippen LogP contribution in [0.5, 0.6) is 0 Å². The van der Waals surface area contributed by atoms with Gasteiger partial charge in [0.1, 0.15) is 0 Å². The minimum atomic E-state index is 0.156. The minimum absolute atomic E-state index is 0.156. The third-order valence-corrected chi connectivity index (χ3v) is 3.85. The zero-order valence-electron chi connectivity index (χ0n) is 7.31. The van der Waals surface area contributed by atoms with E-state index in [1.165, 1.54) is 5.57 Å². The van der Waals surface area contributed by atoms with Crippen LogP contribution in [0.25, 0.3) is 0 Å². The van der Waals surface area contributed by atoms with Crippen molar-refractivity contribution in [2.24, 2.45) is 11.7 Å². The topological polar surface area (TPSA) is 46.2 Å². The van der Waals surface area contributed by atoms with Gasteiger partial charge in [0.2, 0.25) is 0 Å². The molecule has 2 atom stereocenters. The van der Waals surface area contributed by atoms with Crippen LogP contribution >= 0.6 is 11.8 Å². The molecule has 0 aromatic heterocycles. The van der Waals surface area contributed by atoms with Crippen LogP contribution in [0.1, 0.15) is 0 Å². The minimum Gasteiger partial charge on any atom is -0.391 e. The van der Waals surface area contributed by atoms with Crippen LogP contribution in [0.15, 0.2) is 34.8 Å². The normalized spacial score (nSPS) is 31.2. The van der Waals surface area contributed by atoms with E-state index in [9.17, 15) is 0 Å². The van der Waals surface area contributed by atoms with Gasteiger partial charge >= 0.3 is 0 Å². The van der Waals surface area contributed by atoms with Gasteiger partial charge < -0.3 is 10.8 Å². The average Bonchev–Trinajstić information content (AvgIpc) is 2.59. The van der Waals surface area contributed by atoms with E-state index < -0.39 is 0 Å². The number of hydrogen-bond donors (Lipinski definition) is 2. The molecule has 1 heterocycles. The molecule has 0 spiro atoms. The lowest BCUT2D eigenvalue weighted by Gasteiger charge is -2.21. The predicted molar refractivity (Wildman–Crippen MR) is 56.3 cm³/mol. The van der Waals surface area contributed by atoms with Gasteiger partial charge in [0.25, 0.3) is 0 Å². The zero-order valence-corrected chi connectivity index (χ0v) is 8.13. The fourth-order valence-corrected chi connectivity index (χ4v) is 3.03. The zero-order chi connectivity index (χ0) is 9.26. The van der Waals surface area contributed by atoms with Crippen LogP contribution in [-0.4, -0.2) is 23.5 Å². The quantitative estimate of drug-likeness (QED) is 0.692. The first-order valence-electron chi connectivity index (χ1n) is 4.40. The lowest BCUT2D eigenvalue weighted by atomic mass is 9.93. The van der Waals surface area contributed by atoms with Crippen molar-refractivity contribution < 1.29 is 5.11 Å². The maximum Gasteiger partial charge on any atom is 0.0737 e. The molecule has 13 heavy (non-hydrogen) atoms. The SMILES string of the molecule is NCC1=CC=CC2C=C(CO)SC12. The average molecular weight is 195 g/mol. The second-order valence-electron chi connectivity index (χ2n) is 3.24. The Bertz CT molecular complexity index is 293. The first-order chi connectivity index (χ1) is 6.35. The van der Waals surface area contributed by atoms with Gasteiger partial charge in [-0.05, 0) is 5.57 Å². The molecule has 0 radical (unpaired) electrons. The number of rotatable bonds is 2. The van der Waals surface area contributed by atoms with E-state index in [4.69, 9.17) is 10.8 Å². The highest BCUT2D eigenvalue weighted by molar-refractivity contribution is 8.04. The van der Waals surface area contributed by atoms with Crippen molar-refractivity contribution in [1.82, 2.24) is 0 Å². The number of aliphatic hydroxyl groups excluding tert-OH is 1. The van der Waals surface area contributed by atoms with Gasteiger partial charge in [0.05, 0.1) is 6.61 Å². The van der Waals surface area contributed by atoms with E-state index in [0.29, 0.717) is 17.7 Å². The number of fused-ring (bicyclic) bond motifs is 1. The van der Waals surface area contributed by atoms with Crippen LogP contribution in [0, 0.1) is 5.92 Å². The maximum absolute atomic E-state index is 9.01. The Balaban J connectivity index is 2.18. The molecule has 2 aliphatic rings. The van der Waals surface area contributed by atoms with Gasteiger partial charge in [-0.15, -0.1) is 11.8 Å². The van der Waals surface area contributed by atoms with E-state index in [0.717, 1.165) is 4.91 Å². The molecule has 70 valence electrons. The molecule has 0 bridgehead atoms. The highest BCUT2D eigenvalue weighted by Gasteiger charge is 2.29. The third kappa shape index (κ3) is 1.59. The summed E-state index contributed by atoms with van der Waals surface area (Å²) in [6, 6.07) is 0. The lowest BCUT2D eigenvalue weighted by Crippen LogP contribution is -2.21. The molecule has 0 aromatic carbocycles. The number of hydrogen-bond acceptors (Lipinski definition) is 3. The first kappa shape index (κ1) is 9.06. The molecule has 0 saturated carbocycles.